The summed E-state index contributed by atoms with van der Waals surface area (Å²) >= 11 is 0. The van der Waals surface area contributed by atoms with Crippen LogP contribution >= 0.6 is 0 Å². The van der Waals surface area contributed by atoms with Gasteiger partial charge in [0.2, 0.25) is 0 Å². The number of nitrogens with zero attached hydrogens (tertiary/aromatic N) is 1. The minimum atomic E-state index is -0.368. The van der Waals surface area contributed by atoms with E-state index < -0.39 is 0 Å². The number of carbonyl (C=O) groups is 1. The fourth-order valence-electron chi connectivity index (χ4n) is 2.24. The van der Waals surface area contributed by atoms with Crippen molar-refractivity contribution in [3.05, 3.63) is 84.1 Å². The molecule has 0 spiro atoms. The molecule has 3 rings (SSSR count). The molecule has 25 heavy (non-hydrogen) atoms. The van der Waals surface area contributed by atoms with Crippen LogP contribution in [0.1, 0.15) is 11.1 Å². The molecule has 2 aromatic carbocycles. The Balaban J connectivity index is 1.63. The monoisotopic (exact) mass is 333 g/mol. The maximum absolute atomic E-state index is 12.2. The van der Waals surface area contributed by atoms with Crippen molar-refractivity contribution < 1.29 is 9.53 Å². The van der Waals surface area contributed by atoms with Crippen LogP contribution in [0.15, 0.2) is 72.9 Å². The maximum atomic E-state index is 12.2. The third-order valence-corrected chi connectivity index (χ3v) is 3.55. The Kier molecular flexibility index (Phi) is 5.26. The lowest BCUT2D eigenvalue weighted by atomic mass is 10.2. The largest absolute Gasteiger partial charge is 0.485 e. The van der Waals surface area contributed by atoms with Crippen LogP contribution in [0.2, 0.25) is 0 Å². The summed E-state index contributed by atoms with van der Waals surface area (Å²) in [5.41, 5.74) is 2.89. The third kappa shape index (κ3) is 4.81. The zero-order chi connectivity index (χ0) is 17.5. The molecule has 5 nitrogen and oxygen atoms in total. The second-order valence-corrected chi connectivity index (χ2v) is 5.57. The summed E-state index contributed by atoms with van der Waals surface area (Å²) in [6, 6.07) is 20.6. The van der Waals surface area contributed by atoms with Crippen LogP contribution in [0.4, 0.5) is 16.3 Å². The van der Waals surface area contributed by atoms with Gasteiger partial charge in [-0.25, -0.2) is 9.78 Å². The first kappa shape index (κ1) is 16.5. The van der Waals surface area contributed by atoms with Gasteiger partial charge >= 0.3 is 6.03 Å². The highest BCUT2D eigenvalue weighted by molar-refractivity contribution is 5.99. The molecule has 0 bridgehead atoms. The van der Waals surface area contributed by atoms with Crippen molar-refractivity contribution >= 4 is 17.5 Å². The molecule has 0 aliphatic carbocycles. The van der Waals surface area contributed by atoms with Gasteiger partial charge in [0, 0.05) is 11.9 Å². The van der Waals surface area contributed by atoms with Gasteiger partial charge < -0.3 is 10.1 Å². The highest BCUT2D eigenvalue weighted by Crippen LogP contribution is 2.22. The molecule has 0 saturated carbocycles. The first-order valence-electron chi connectivity index (χ1n) is 7.97. The Bertz CT molecular complexity index is 833. The predicted octanol–water partition coefficient (Wildman–Crippen LogP) is 4.61. The molecule has 2 N–H and O–H groups in total. The summed E-state index contributed by atoms with van der Waals surface area (Å²) in [4.78, 5) is 16.4. The van der Waals surface area contributed by atoms with Crippen LogP contribution in [0.25, 0.3) is 0 Å². The van der Waals surface area contributed by atoms with E-state index in [1.54, 1.807) is 18.3 Å². The number of anilines is 2. The molecule has 0 unspecified atom stereocenters. The zero-order valence-electron chi connectivity index (χ0n) is 13.9. The van der Waals surface area contributed by atoms with E-state index in [9.17, 15) is 4.79 Å². The van der Waals surface area contributed by atoms with Gasteiger partial charge in [0.25, 0.3) is 0 Å². The number of carbonyl (C=O) groups excluding carboxylic acids is 1. The maximum Gasteiger partial charge on any atom is 0.324 e. The smallest absolute Gasteiger partial charge is 0.324 e. The number of rotatable bonds is 5. The second-order valence-electron chi connectivity index (χ2n) is 5.57. The van der Waals surface area contributed by atoms with Gasteiger partial charge in [-0.2, -0.15) is 0 Å². The lowest BCUT2D eigenvalue weighted by Gasteiger charge is -2.12. The van der Waals surface area contributed by atoms with Gasteiger partial charge in [0.15, 0.2) is 11.6 Å². The summed E-state index contributed by atoms with van der Waals surface area (Å²) in [5.74, 6) is 0.897. The van der Waals surface area contributed by atoms with E-state index in [1.807, 2.05) is 61.5 Å². The molecule has 0 saturated heterocycles. The molecule has 126 valence electrons. The van der Waals surface area contributed by atoms with Crippen molar-refractivity contribution in [1.82, 2.24) is 4.98 Å². The molecule has 1 aromatic heterocycles. The first-order chi connectivity index (χ1) is 12.2. The fraction of sp³-hybridized carbons (Fsp3) is 0.100. The average molecular weight is 333 g/mol. The molecule has 0 atom stereocenters. The van der Waals surface area contributed by atoms with Crippen molar-refractivity contribution in [2.24, 2.45) is 0 Å². The topological polar surface area (TPSA) is 63.2 Å². The molecule has 1 heterocycles. The van der Waals surface area contributed by atoms with Gasteiger partial charge in [-0.15, -0.1) is 0 Å². The van der Waals surface area contributed by atoms with Crippen LogP contribution in [0.5, 0.6) is 5.75 Å². The first-order valence-corrected chi connectivity index (χ1v) is 7.97. The fourth-order valence-corrected chi connectivity index (χ4v) is 2.24. The van der Waals surface area contributed by atoms with Gasteiger partial charge in [-0.3, -0.25) is 5.32 Å². The van der Waals surface area contributed by atoms with Crippen LogP contribution < -0.4 is 15.4 Å². The lowest BCUT2D eigenvalue weighted by Crippen LogP contribution is -2.20. The number of hydrogen-bond acceptors (Lipinski definition) is 3. The number of ether oxygens (including phenoxy) is 1. The average Bonchev–Trinajstić information content (AvgIpc) is 2.64. The summed E-state index contributed by atoms with van der Waals surface area (Å²) < 4.78 is 5.79. The van der Waals surface area contributed by atoms with E-state index in [1.165, 1.54) is 0 Å². The predicted molar refractivity (Wildman–Crippen MR) is 98.8 cm³/mol. The van der Waals surface area contributed by atoms with Crippen molar-refractivity contribution in [1.29, 1.82) is 0 Å². The van der Waals surface area contributed by atoms with Crippen molar-refractivity contribution in [2.45, 2.75) is 13.5 Å². The molecule has 5 heteroatoms. The lowest BCUT2D eigenvalue weighted by molar-refractivity contribution is 0.261. The second kappa shape index (κ2) is 7.97. The van der Waals surface area contributed by atoms with Crippen molar-refractivity contribution in [2.75, 3.05) is 10.6 Å². The molecule has 0 aliphatic rings. The highest BCUT2D eigenvalue weighted by atomic mass is 16.5. The number of amides is 2. The molecule has 0 radical (unpaired) electrons. The number of hydrogen-bond donors (Lipinski definition) is 2. The van der Waals surface area contributed by atoms with Crippen LogP contribution in [0.3, 0.4) is 0 Å². The zero-order valence-corrected chi connectivity index (χ0v) is 13.9. The van der Waals surface area contributed by atoms with E-state index >= 15 is 0 Å². The van der Waals surface area contributed by atoms with E-state index in [-0.39, 0.29) is 6.03 Å². The molecular formula is C20H19N3O2. The minimum Gasteiger partial charge on any atom is -0.485 e. The summed E-state index contributed by atoms with van der Waals surface area (Å²) in [6.45, 7) is 2.40. The molecule has 0 fully saturated rings. The number of aromatic nitrogens is 1. The van der Waals surface area contributed by atoms with Crippen molar-refractivity contribution in [3.8, 4) is 5.75 Å². The standard InChI is InChI=1S/C20H19N3O2/c1-15-9-11-17(12-10-15)22-20(24)23-19-18(8-5-13-21-19)25-14-16-6-3-2-4-7-16/h2-13H,14H2,1H3,(H2,21,22,23,24). The van der Waals surface area contributed by atoms with Crippen molar-refractivity contribution in [3.63, 3.8) is 0 Å². The Morgan fingerprint density at radius 3 is 2.48 bits per heavy atom. The Morgan fingerprint density at radius 1 is 0.960 bits per heavy atom. The quantitative estimate of drug-likeness (QED) is 0.716. The summed E-state index contributed by atoms with van der Waals surface area (Å²) in [5, 5.41) is 5.50. The van der Waals surface area contributed by atoms with E-state index in [2.05, 4.69) is 15.6 Å². The Labute approximate surface area is 146 Å². The number of urea groups is 1. The van der Waals surface area contributed by atoms with Gasteiger partial charge in [0.1, 0.15) is 6.61 Å². The Morgan fingerprint density at radius 2 is 1.72 bits per heavy atom. The molecule has 0 aliphatic heterocycles. The van der Waals surface area contributed by atoms with Gasteiger partial charge in [-0.1, -0.05) is 48.0 Å². The number of nitrogens with one attached hydrogen (secondary N) is 2. The molecular weight excluding hydrogens is 314 g/mol. The van der Waals surface area contributed by atoms with Crippen LogP contribution in [-0.2, 0) is 6.61 Å². The SMILES string of the molecule is Cc1ccc(NC(=O)Nc2ncccc2OCc2ccccc2)cc1. The number of aryl methyl sites for hydroxylation is 1. The van der Waals surface area contributed by atoms with Gasteiger partial charge in [-0.05, 0) is 36.8 Å². The molecule has 3 aromatic rings. The number of pyridine rings is 1. The van der Waals surface area contributed by atoms with E-state index in [4.69, 9.17) is 4.74 Å². The van der Waals surface area contributed by atoms with E-state index in [0.717, 1.165) is 11.1 Å². The summed E-state index contributed by atoms with van der Waals surface area (Å²) in [6.07, 6.45) is 1.61. The Hall–Kier alpha value is -3.34. The number of benzene rings is 2. The van der Waals surface area contributed by atoms with Gasteiger partial charge in [0.05, 0.1) is 0 Å². The third-order valence-electron chi connectivity index (χ3n) is 3.55. The highest BCUT2D eigenvalue weighted by Gasteiger charge is 2.09. The normalized spacial score (nSPS) is 10.1. The molecule has 2 amide bonds. The van der Waals surface area contributed by atoms with Crippen LogP contribution in [0, 0.1) is 6.92 Å². The van der Waals surface area contributed by atoms with E-state index in [0.29, 0.717) is 23.9 Å². The minimum absolute atomic E-state index is 0.368. The summed E-state index contributed by atoms with van der Waals surface area (Å²) in [7, 11) is 0. The van der Waals surface area contributed by atoms with Crippen LogP contribution in [-0.4, -0.2) is 11.0 Å².